The Morgan fingerprint density at radius 3 is 2.71 bits per heavy atom. The monoisotopic (exact) mass is 342 g/mol. The first-order valence-corrected chi connectivity index (χ1v) is 8.40. The van der Waals surface area contributed by atoms with Gasteiger partial charge < -0.3 is 10.0 Å². The third kappa shape index (κ3) is 3.75. The first-order chi connectivity index (χ1) is 11.4. The van der Waals surface area contributed by atoms with E-state index < -0.39 is 12.0 Å². The maximum absolute atomic E-state index is 13.3. The standard InChI is InChI=1S/C16H24F2N4O2/c1-20-12(4-7-19-20)2-3-15(24)22-10-13(14(23)11-22)21-8-5-16(17,18)6-9-21/h4,7,13-14,23H,2-3,5-6,8-11H2,1H3/t13-,14-/m1/s1. The molecule has 0 radical (unpaired) electrons. The van der Waals surface area contributed by atoms with Gasteiger partial charge >= 0.3 is 0 Å². The van der Waals surface area contributed by atoms with Crippen molar-refractivity contribution in [2.45, 2.75) is 43.8 Å². The second kappa shape index (κ2) is 6.76. The number of aryl methyl sites for hydroxylation is 2. The first kappa shape index (κ1) is 17.3. The van der Waals surface area contributed by atoms with Crippen LogP contribution in [0.15, 0.2) is 12.3 Å². The number of aliphatic hydroxyl groups is 1. The lowest BCUT2D eigenvalue weighted by molar-refractivity contribution is -0.130. The molecule has 1 aromatic rings. The summed E-state index contributed by atoms with van der Waals surface area (Å²) in [6.45, 7) is 1.23. The normalized spacial score (nSPS) is 27.6. The zero-order chi connectivity index (χ0) is 17.3. The number of halogens is 2. The predicted octanol–water partition coefficient (Wildman–Crippen LogP) is 0.655. The zero-order valence-electron chi connectivity index (χ0n) is 13.9. The molecule has 1 amide bonds. The minimum absolute atomic E-state index is 0.0138. The summed E-state index contributed by atoms with van der Waals surface area (Å²) < 4.78 is 28.3. The van der Waals surface area contributed by atoms with E-state index in [2.05, 4.69) is 5.10 Å². The minimum atomic E-state index is -2.60. The number of nitrogens with zero attached hydrogens (tertiary/aromatic N) is 4. The van der Waals surface area contributed by atoms with Crippen molar-refractivity contribution in [2.75, 3.05) is 26.2 Å². The number of carbonyl (C=O) groups is 1. The van der Waals surface area contributed by atoms with Gasteiger partial charge in [0.05, 0.1) is 12.1 Å². The second-order valence-electron chi connectivity index (χ2n) is 6.77. The van der Waals surface area contributed by atoms with Gasteiger partial charge in [0.15, 0.2) is 0 Å². The summed E-state index contributed by atoms with van der Waals surface area (Å²) >= 11 is 0. The van der Waals surface area contributed by atoms with Crippen molar-refractivity contribution in [3.63, 3.8) is 0 Å². The number of likely N-dealkylation sites (tertiary alicyclic amines) is 2. The molecule has 0 spiro atoms. The molecular weight excluding hydrogens is 318 g/mol. The van der Waals surface area contributed by atoms with Crippen LogP contribution >= 0.6 is 0 Å². The SMILES string of the molecule is Cn1nccc1CCC(=O)N1C[C@@H](O)[C@H](N2CCC(F)(F)CC2)C1. The number of rotatable bonds is 4. The molecule has 8 heteroatoms. The van der Waals surface area contributed by atoms with E-state index in [1.807, 2.05) is 18.0 Å². The highest BCUT2D eigenvalue weighted by molar-refractivity contribution is 5.76. The molecule has 2 saturated heterocycles. The molecule has 1 N–H and O–H groups in total. The molecule has 0 aromatic carbocycles. The summed E-state index contributed by atoms with van der Waals surface area (Å²) in [4.78, 5) is 15.9. The topological polar surface area (TPSA) is 61.6 Å². The van der Waals surface area contributed by atoms with E-state index in [9.17, 15) is 18.7 Å². The molecule has 2 atom stereocenters. The Hall–Kier alpha value is -1.54. The third-order valence-electron chi connectivity index (χ3n) is 5.13. The van der Waals surface area contributed by atoms with E-state index >= 15 is 0 Å². The Balaban J connectivity index is 1.51. The number of aromatic nitrogens is 2. The number of hydrogen-bond acceptors (Lipinski definition) is 4. The molecule has 2 fully saturated rings. The number of β-amino-alcohol motifs (C(OH)–C–C–N with tert-alkyl or cyclic N) is 1. The van der Waals surface area contributed by atoms with Crippen LogP contribution in [-0.2, 0) is 18.3 Å². The number of aliphatic hydroxyl groups excluding tert-OH is 1. The average Bonchev–Trinajstić information content (AvgIpc) is 3.11. The van der Waals surface area contributed by atoms with Gasteiger partial charge in [0.25, 0.3) is 5.92 Å². The number of alkyl halides is 2. The summed E-state index contributed by atoms with van der Waals surface area (Å²) in [6, 6.07) is 1.64. The van der Waals surface area contributed by atoms with Crippen LogP contribution in [0.1, 0.15) is 25.0 Å². The van der Waals surface area contributed by atoms with Crippen molar-refractivity contribution in [3.05, 3.63) is 18.0 Å². The smallest absolute Gasteiger partial charge is 0.250 e. The predicted molar refractivity (Wildman–Crippen MR) is 83.7 cm³/mol. The zero-order valence-corrected chi connectivity index (χ0v) is 13.9. The van der Waals surface area contributed by atoms with E-state index in [0.29, 0.717) is 19.4 Å². The molecule has 134 valence electrons. The van der Waals surface area contributed by atoms with Crippen LogP contribution in [0, 0.1) is 0 Å². The fourth-order valence-electron chi connectivity index (χ4n) is 3.55. The molecule has 0 aliphatic carbocycles. The molecule has 0 unspecified atom stereocenters. The highest BCUT2D eigenvalue weighted by atomic mass is 19.3. The van der Waals surface area contributed by atoms with Crippen molar-refractivity contribution >= 4 is 5.91 Å². The largest absolute Gasteiger partial charge is 0.390 e. The Morgan fingerprint density at radius 2 is 2.08 bits per heavy atom. The van der Waals surface area contributed by atoms with E-state index in [-0.39, 0.29) is 44.4 Å². The Kier molecular flexibility index (Phi) is 4.87. The fraction of sp³-hybridized carbons (Fsp3) is 0.750. The lowest BCUT2D eigenvalue weighted by atomic mass is 10.0. The van der Waals surface area contributed by atoms with E-state index in [0.717, 1.165) is 5.69 Å². The molecule has 1 aromatic heterocycles. The quantitative estimate of drug-likeness (QED) is 0.873. The molecule has 0 saturated carbocycles. The summed E-state index contributed by atoms with van der Waals surface area (Å²) in [5.74, 6) is -2.61. The fourth-order valence-corrected chi connectivity index (χ4v) is 3.55. The van der Waals surface area contributed by atoms with Gasteiger partial charge in [-0.3, -0.25) is 14.4 Å². The first-order valence-electron chi connectivity index (χ1n) is 8.40. The van der Waals surface area contributed by atoms with E-state index in [1.54, 1.807) is 15.8 Å². The molecule has 3 rings (SSSR count). The van der Waals surface area contributed by atoms with Gasteiger partial charge in [-0.25, -0.2) is 8.78 Å². The van der Waals surface area contributed by atoms with Crippen LogP contribution in [0.5, 0.6) is 0 Å². The van der Waals surface area contributed by atoms with Crippen molar-refractivity contribution < 1.29 is 18.7 Å². The van der Waals surface area contributed by atoms with Crippen LogP contribution < -0.4 is 0 Å². The molecule has 2 aliphatic rings. The van der Waals surface area contributed by atoms with Crippen LogP contribution in [0.2, 0.25) is 0 Å². The van der Waals surface area contributed by atoms with Gasteiger partial charge in [-0.1, -0.05) is 0 Å². The molecule has 0 bridgehead atoms. The van der Waals surface area contributed by atoms with Gasteiger partial charge in [-0.15, -0.1) is 0 Å². The van der Waals surface area contributed by atoms with Gasteiger partial charge in [0.2, 0.25) is 5.91 Å². The van der Waals surface area contributed by atoms with Crippen molar-refractivity contribution in [1.29, 1.82) is 0 Å². The number of amides is 1. The number of carbonyl (C=O) groups excluding carboxylic acids is 1. The highest BCUT2D eigenvalue weighted by Gasteiger charge is 2.42. The van der Waals surface area contributed by atoms with Gasteiger partial charge in [-0.2, -0.15) is 5.10 Å². The van der Waals surface area contributed by atoms with E-state index in [4.69, 9.17) is 0 Å². The molecule has 6 nitrogen and oxygen atoms in total. The Bertz CT molecular complexity index is 582. The highest BCUT2D eigenvalue weighted by Crippen LogP contribution is 2.30. The molecule has 2 aliphatic heterocycles. The van der Waals surface area contributed by atoms with Crippen LogP contribution in [0.4, 0.5) is 8.78 Å². The van der Waals surface area contributed by atoms with Gasteiger partial charge in [0, 0.05) is 64.4 Å². The maximum Gasteiger partial charge on any atom is 0.250 e. The van der Waals surface area contributed by atoms with Gasteiger partial charge in [0.1, 0.15) is 0 Å². The lowest BCUT2D eigenvalue weighted by Crippen LogP contribution is -2.49. The van der Waals surface area contributed by atoms with E-state index in [1.165, 1.54) is 0 Å². The Labute approximate surface area is 140 Å². The molecule has 3 heterocycles. The molecular formula is C16H24F2N4O2. The Morgan fingerprint density at radius 1 is 1.38 bits per heavy atom. The summed E-state index contributed by atoms with van der Waals surface area (Å²) in [7, 11) is 1.83. The van der Waals surface area contributed by atoms with Crippen molar-refractivity contribution in [1.82, 2.24) is 19.6 Å². The van der Waals surface area contributed by atoms with Crippen LogP contribution in [0.3, 0.4) is 0 Å². The second-order valence-corrected chi connectivity index (χ2v) is 6.77. The summed E-state index contributed by atoms with van der Waals surface area (Å²) in [6.07, 6.45) is 1.63. The minimum Gasteiger partial charge on any atom is -0.390 e. The maximum atomic E-state index is 13.3. The summed E-state index contributed by atoms with van der Waals surface area (Å²) in [5, 5.41) is 14.3. The van der Waals surface area contributed by atoms with Crippen molar-refractivity contribution in [3.8, 4) is 0 Å². The summed E-state index contributed by atoms with van der Waals surface area (Å²) in [5.41, 5.74) is 0.984. The average molecular weight is 342 g/mol. The number of hydrogen-bond donors (Lipinski definition) is 1. The van der Waals surface area contributed by atoms with Crippen LogP contribution in [-0.4, -0.2) is 74.8 Å². The third-order valence-corrected chi connectivity index (χ3v) is 5.13. The van der Waals surface area contributed by atoms with Gasteiger partial charge in [-0.05, 0) is 12.5 Å². The lowest BCUT2D eigenvalue weighted by Gasteiger charge is -2.36. The number of piperidine rings is 1. The molecule has 24 heavy (non-hydrogen) atoms. The van der Waals surface area contributed by atoms with Crippen molar-refractivity contribution in [2.24, 2.45) is 7.05 Å². The van der Waals surface area contributed by atoms with Crippen LogP contribution in [0.25, 0.3) is 0 Å².